The Morgan fingerprint density at radius 3 is 2.82 bits per heavy atom. The second-order valence-corrected chi connectivity index (χ2v) is 3.85. The number of ketones is 2. The molecule has 0 spiro atoms. The Bertz CT molecular complexity index is 711. The van der Waals surface area contributed by atoms with Crippen LogP contribution < -0.4 is 10.4 Å². The van der Waals surface area contributed by atoms with Crippen LogP contribution in [0.15, 0.2) is 46.3 Å². The lowest BCUT2D eigenvalue weighted by Crippen LogP contribution is -2.32. The van der Waals surface area contributed by atoms with Gasteiger partial charge in [-0.2, -0.15) is 10.2 Å². The van der Waals surface area contributed by atoms with Gasteiger partial charge in [-0.25, -0.2) is 0 Å². The van der Waals surface area contributed by atoms with Gasteiger partial charge in [0.2, 0.25) is 11.6 Å². The fourth-order valence-electron chi connectivity index (χ4n) is 1.98. The summed E-state index contributed by atoms with van der Waals surface area (Å²) in [4.78, 5) is 23.4. The van der Waals surface area contributed by atoms with E-state index >= 15 is 0 Å². The fourth-order valence-corrected chi connectivity index (χ4v) is 1.98. The molecule has 1 heterocycles. The van der Waals surface area contributed by atoms with Gasteiger partial charge in [0.15, 0.2) is 0 Å². The van der Waals surface area contributed by atoms with Crippen molar-refractivity contribution >= 4 is 23.3 Å². The van der Waals surface area contributed by atoms with Crippen molar-refractivity contribution in [2.24, 2.45) is 10.2 Å². The molecule has 4 nitrogen and oxygen atoms in total. The number of Topliss-reactive ketones (excluding diaryl/α,β-unsaturated/α-hetero) is 2. The number of hydrogen-bond acceptors (Lipinski definition) is 4. The van der Waals surface area contributed by atoms with E-state index in [2.05, 4.69) is 10.2 Å². The molecule has 0 bridgehead atoms. The van der Waals surface area contributed by atoms with Gasteiger partial charge in [-0.05, 0) is 11.3 Å². The number of allylic oxidation sites excluding steroid dienone is 2. The van der Waals surface area contributed by atoms with Crippen LogP contribution in [-0.2, 0) is 9.59 Å². The number of benzene rings is 1. The predicted molar refractivity (Wildman–Crippen MR) is 61.1 cm³/mol. The zero-order valence-corrected chi connectivity index (χ0v) is 8.88. The minimum Gasteiger partial charge on any atom is -0.290 e. The van der Waals surface area contributed by atoms with Crippen LogP contribution in [0, 0.1) is 0 Å². The quantitative estimate of drug-likeness (QED) is 0.601. The second-order valence-electron chi connectivity index (χ2n) is 3.85. The molecule has 0 N–H and O–H groups in total. The summed E-state index contributed by atoms with van der Waals surface area (Å²) in [7, 11) is 0. The maximum atomic E-state index is 11.9. The number of rotatable bonds is 0. The monoisotopic (exact) mass is 224 g/mol. The largest absolute Gasteiger partial charge is 0.290 e. The first-order chi connectivity index (χ1) is 8.27. The standard InChI is InChI=1S/C13H8N2O2/c16-11-6-5-10-12(13(11)17)9-4-2-1-3-8(9)7-14-15-10/h1-5,7H,6H2. The van der Waals surface area contributed by atoms with Crippen LogP contribution in [0.4, 0.5) is 0 Å². The molecule has 2 aliphatic rings. The Labute approximate surface area is 96.7 Å². The smallest absolute Gasteiger partial charge is 0.231 e. The highest BCUT2D eigenvalue weighted by Gasteiger charge is 2.27. The molecule has 0 saturated heterocycles. The van der Waals surface area contributed by atoms with Crippen molar-refractivity contribution in [3.63, 3.8) is 0 Å². The van der Waals surface area contributed by atoms with Crippen molar-refractivity contribution in [3.8, 4) is 0 Å². The van der Waals surface area contributed by atoms with E-state index in [1.54, 1.807) is 12.3 Å². The number of fused-ring (bicyclic) bond motifs is 2. The van der Waals surface area contributed by atoms with E-state index < -0.39 is 11.6 Å². The van der Waals surface area contributed by atoms with Crippen LogP contribution in [0.25, 0.3) is 11.8 Å². The summed E-state index contributed by atoms with van der Waals surface area (Å²) in [6.45, 7) is 0. The summed E-state index contributed by atoms with van der Waals surface area (Å²) < 4.78 is 0. The van der Waals surface area contributed by atoms with Crippen molar-refractivity contribution in [1.82, 2.24) is 0 Å². The van der Waals surface area contributed by atoms with E-state index in [4.69, 9.17) is 0 Å². The van der Waals surface area contributed by atoms with E-state index in [0.717, 1.165) is 10.4 Å². The molecule has 82 valence electrons. The van der Waals surface area contributed by atoms with Gasteiger partial charge in [-0.1, -0.05) is 24.3 Å². The average Bonchev–Trinajstić information content (AvgIpc) is 2.53. The minimum absolute atomic E-state index is 0.110. The van der Waals surface area contributed by atoms with Gasteiger partial charge in [-0.3, -0.25) is 9.59 Å². The summed E-state index contributed by atoms with van der Waals surface area (Å²) in [5.74, 6) is -0.861. The number of carbonyl (C=O) groups excluding carboxylic acids is 2. The molecule has 4 heteroatoms. The molecule has 1 aliphatic heterocycles. The summed E-state index contributed by atoms with van der Waals surface area (Å²) in [5.41, 5.74) is 0.866. The third-order valence-corrected chi connectivity index (χ3v) is 2.81. The van der Waals surface area contributed by atoms with Gasteiger partial charge in [0, 0.05) is 11.6 Å². The lowest BCUT2D eigenvalue weighted by Gasteiger charge is -2.09. The highest BCUT2D eigenvalue weighted by molar-refractivity contribution is 6.55. The molecule has 0 unspecified atom stereocenters. The number of azo groups is 1. The molecular formula is C13H8N2O2. The van der Waals surface area contributed by atoms with Gasteiger partial charge >= 0.3 is 0 Å². The van der Waals surface area contributed by atoms with Gasteiger partial charge in [-0.15, -0.1) is 0 Å². The van der Waals surface area contributed by atoms with Gasteiger partial charge in [0.1, 0.15) is 0 Å². The van der Waals surface area contributed by atoms with E-state index in [9.17, 15) is 9.59 Å². The Morgan fingerprint density at radius 2 is 1.94 bits per heavy atom. The first kappa shape index (κ1) is 9.84. The molecule has 0 saturated carbocycles. The van der Waals surface area contributed by atoms with Gasteiger partial charge in [0.25, 0.3) is 0 Å². The first-order valence-electron chi connectivity index (χ1n) is 5.26. The van der Waals surface area contributed by atoms with E-state index in [1.807, 2.05) is 24.3 Å². The SMILES string of the molecule is O=C1CC=C2N=NC=c3ccccc3=C2C1=O. The molecule has 0 atom stereocenters. The van der Waals surface area contributed by atoms with Crippen LogP contribution in [0.1, 0.15) is 6.42 Å². The van der Waals surface area contributed by atoms with Gasteiger partial charge in [0.05, 0.1) is 17.5 Å². The maximum absolute atomic E-state index is 11.9. The van der Waals surface area contributed by atoms with Crippen LogP contribution in [0.2, 0.25) is 0 Å². The molecule has 1 aliphatic carbocycles. The van der Waals surface area contributed by atoms with E-state index in [-0.39, 0.29) is 6.42 Å². The molecule has 1 aromatic rings. The average molecular weight is 224 g/mol. The molecule has 0 amide bonds. The van der Waals surface area contributed by atoms with Crippen LogP contribution >= 0.6 is 0 Å². The van der Waals surface area contributed by atoms with Crippen molar-refractivity contribution in [2.75, 3.05) is 0 Å². The highest BCUT2D eigenvalue weighted by Crippen LogP contribution is 2.21. The molecule has 0 fully saturated rings. The molecule has 1 aromatic carbocycles. The predicted octanol–water partition coefficient (Wildman–Crippen LogP) is 0.467. The summed E-state index contributed by atoms with van der Waals surface area (Å²) >= 11 is 0. The van der Waals surface area contributed by atoms with Crippen molar-refractivity contribution in [1.29, 1.82) is 0 Å². The fraction of sp³-hybridized carbons (Fsp3) is 0.0769. The number of carbonyl (C=O) groups is 2. The topological polar surface area (TPSA) is 58.9 Å². The number of hydrogen-bond donors (Lipinski definition) is 0. The third-order valence-electron chi connectivity index (χ3n) is 2.81. The lowest BCUT2D eigenvalue weighted by molar-refractivity contribution is -0.133. The Kier molecular flexibility index (Phi) is 2.08. The molecule has 17 heavy (non-hydrogen) atoms. The normalized spacial score (nSPS) is 17.9. The van der Waals surface area contributed by atoms with Crippen LogP contribution in [-0.4, -0.2) is 11.6 Å². The van der Waals surface area contributed by atoms with Crippen LogP contribution in [0.3, 0.4) is 0 Å². The second kappa shape index (κ2) is 3.59. The summed E-state index contributed by atoms with van der Waals surface area (Å²) in [5, 5.41) is 9.40. The van der Waals surface area contributed by atoms with E-state index in [0.29, 0.717) is 11.3 Å². The Hall–Kier alpha value is -2.36. The zero-order chi connectivity index (χ0) is 11.8. The first-order valence-corrected chi connectivity index (χ1v) is 5.26. The van der Waals surface area contributed by atoms with Crippen molar-refractivity contribution in [3.05, 3.63) is 46.5 Å². The lowest BCUT2D eigenvalue weighted by atomic mass is 9.94. The van der Waals surface area contributed by atoms with Crippen molar-refractivity contribution in [2.45, 2.75) is 6.42 Å². The van der Waals surface area contributed by atoms with Crippen molar-refractivity contribution < 1.29 is 9.59 Å². The zero-order valence-electron chi connectivity index (χ0n) is 8.88. The molecule has 0 radical (unpaired) electrons. The van der Waals surface area contributed by atoms with Crippen LogP contribution in [0.5, 0.6) is 0 Å². The minimum atomic E-state index is -0.468. The summed E-state index contributed by atoms with van der Waals surface area (Å²) in [6.07, 6.45) is 3.36. The Balaban J connectivity index is 2.50. The third kappa shape index (κ3) is 1.45. The Morgan fingerprint density at radius 1 is 1.12 bits per heavy atom. The summed E-state index contributed by atoms with van der Waals surface area (Å²) in [6, 6.07) is 7.34. The maximum Gasteiger partial charge on any atom is 0.231 e. The molecule has 3 rings (SSSR count). The van der Waals surface area contributed by atoms with E-state index in [1.165, 1.54) is 0 Å². The number of nitrogens with zero attached hydrogens (tertiary/aromatic N) is 2. The van der Waals surface area contributed by atoms with Gasteiger partial charge < -0.3 is 0 Å². The highest BCUT2D eigenvalue weighted by atomic mass is 16.2. The molecular weight excluding hydrogens is 216 g/mol. The molecule has 0 aromatic heterocycles.